The molecule has 0 radical (unpaired) electrons. The molecule has 10 heteroatoms. The number of nitrogens with one attached hydrogen (secondary N) is 1. The van der Waals surface area contributed by atoms with Crippen LogP contribution in [0.25, 0.3) is 0 Å². The highest BCUT2D eigenvalue weighted by Crippen LogP contribution is 2.65. The van der Waals surface area contributed by atoms with Gasteiger partial charge in [0.1, 0.15) is 13.2 Å². The van der Waals surface area contributed by atoms with Gasteiger partial charge in [0, 0.05) is 37.9 Å². The van der Waals surface area contributed by atoms with Crippen LogP contribution < -0.4 is 5.32 Å². The predicted molar refractivity (Wildman–Crippen MR) is 168 cm³/mol. The molecule has 3 unspecified atom stereocenters. The first-order chi connectivity index (χ1) is 20.8. The lowest BCUT2D eigenvalue weighted by molar-refractivity contribution is -0.163. The molecule has 4 aliphatic rings. The molecule has 2 saturated carbocycles. The van der Waals surface area contributed by atoms with Crippen LogP contribution in [-0.2, 0) is 33.5 Å². The topological polar surface area (TPSA) is 130 Å². The smallest absolute Gasteiger partial charge is 0.287 e. The van der Waals surface area contributed by atoms with Gasteiger partial charge in [-0.15, -0.1) is 6.58 Å². The Balaban J connectivity index is 1.64. The van der Waals surface area contributed by atoms with E-state index in [1.807, 2.05) is 41.5 Å². The van der Waals surface area contributed by atoms with E-state index in [2.05, 4.69) is 25.7 Å². The number of carbonyl (C=O) groups is 6. The van der Waals surface area contributed by atoms with E-state index >= 15 is 0 Å². The standard InChI is InChI=1S/C35H53N3O7/c1-10-13-36-31(43)30(42)21(14-20-11-12-20)15-24(39)29-27-23(35(27,8)9)17-38(29)32(44)28(34(5,6)7)22(33(2,3)4)16-37-25(40)18-45-19-26(37)41/h10,20-23,27-29H,1,11-19H2,2-9H3,(H,36,43)/t21?,22-,23?,27-,28?,29+/m0/s1. The summed E-state index contributed by atoms with van der Waals surface area (Å²) in [5.74, 6) is -3.73. The zero-order valence-corrected chi connectivity index (χ0v) is 28.4. The summed E-state index contributed by atoms with van der Waals surface area (Å²) in [4.78, 5) is 83.4. The minimum Gasteiger partial charge on any atom is -0.362 e. The van der Waals surface area contributed by atoms with E-state index in [4.69, 9.17) is 4.74 Å². The summed E-state index contributed by atoms with van der Waals surface area (Å²) in [6.45, 7) is 20.2. The fourth-order valence-corrected chi connectivity index (χ4v) is 7.85. The molecule has 6 atom stereocenters. The predicted octanol–water partition coefficient (Wildman–Crippen LogP) is 3.43. The van der Waals surface area contributed by atoms with E-state index < -0.39 is 58.1 Å². The van der Waals surface area contributed by atoms with Gasteiger partial charge in [-0.25, -0.2) is 0 Å². The molecule has 4 fully saturated rings. The molecule has 45 heavy (non-hydrogen) atoms. The summed E-state index contributed by atoms with van der Waals surface area (Å²) >= 11 is 0. The van der Waals surface area contributed by atoms with Gasteiger partial charge in [0.25, 0.3) is 17.7 Å². The largest absolute Gasteiger partial charge is 0.362 e. The van der Waals surface area contributed by atoms with E-state index in [1.165, 1.54) is 11.0 Å². The van der Waals surface area contributed by atoms with Crippen molar-refractivity contribution in [2.75, 3.05) is 32.8 Å². The van der Waals surface area contributed by atoms with Crippen molar-refractivity contribution in [3.8, 4) is 0 Å². The minimum absolute atomic E-state index is 0.0312. The van der Waals surface area contributed by atoms with E-state index in [0.29, 0.717) is 18.9 Å². The maximum atomic E-state index is 14.8. The van der Waals surface area contributed by atoms with E-state index in [1.54, 1.807) is 4.90 Å². The van der Waals surface area contributed by atoms with Crippen LogP contribution in [0.2, 0.25) is 0 Å². The minimum atomic E-state index is -0.730. The number of ketones is 2. The Labute approximate surface area is 268 Å². The highest BCUT2D eigenvalue weighted by Gasteiger charge is 2.69. The molecule has 2 heterocycles. The van der Waals surface area contributed by atoms with Crippen molar-refractivity contribution in [3.63, 3.8) is 0 Å². The number of imide groups is 1. The SMILES string of the molecule is C=CCNC(=O)C(=O)C(CC(=O)[C@@H]1[C@@H]2C(CN1C(=O)C([C@H](CN1C(=O)COCC1=O)C(C)(C)C)C(C)(C)C)C2(C)C)CC1CC1. The number of piperidine rings is 1. The van der Waals surface area contributed by atoms with Gasteiger partial charge in [-0.1, -0.05) is 74.3 Å². The van der Waals surface area contributed by atoms with Crippen LogP contribution in [0.3, 0.4) is 0 Å². The fraction of sp³-hybridized carbons (Fsp3) is 0.771. The van der Waals surface area contributed by atoms with Gasteiger partial charge in [0.15, 0.2) is 5.78 Å². The summed E-state index contributed by atoms with van der Waals surface area (Å²) in [5, 5.41) is 2.56. The van der Waals surface area contributed by atoms with Crippen molar-refractivity contribution in [1.82, 2.24) is 15.1 Å². The zero-order chi connectivity index (χ0) is 33.6. The second kappa shape index (κ2) is 12.7. The number of rotatable bonds is 13. The third-order valence-electron chi connectivity index (χ3n) is 10.7. The lowest BCUT2D eigenvalue weighted by Crippen LogP contribution is -2.57. The number of carbonyl (C=O) groups excluding carboxylic acids is 6. The first-order valence-corrected chi connectivity index (χ1v) is 16.5. The number of amides is 4. The number of Topliss-reactive ketones (excluding diaryl/α,β-unsaturated/α-hetero) is 2. The van der Waals surface area contributed by atoms with Gasteiger partial charge in [0.2, 0.25) is 11.7 Å². The monoisotopic (exact) mass is 627 g/mol. The average molecular weight is 628 g/mol. The van der Waals surface area contributed by atoms with E-state index in [0.717, 1.165) is 12.8 Å². The van der Waals surface area contributed by atoms with Crippen LogP contribution in [-0.4, -0.2) is 83.9 Å². The molecule has 2 aliphatic heterocycles. The van der Waals surface area contributed by atoms with E-state index in [9.17, 15) is 28.8 Å². The third-order valence-corrected chi connectivity index (χ3v) is 10.7. The maximum Gasteiger partial charge on any atom is 0.287 e. The molecule has 0 aromatic heterocycles. The summed E-state index contributed by atoms with van der Waals surface area (Å²) < 4.78 is 5.13. The zero-order valence-electron chi connectivity index (χ0n) is 28.4. The molecule has 2 aliphatic carbocycles. The van der Waals surface area contributed by atoms with Gasteiger partial charge in [0.05, 0.1) is 6.04 Å². The van der Waals surface area contributed by atoms with Crippen molar-refractivity contribution in [1.29, 1.82) is 0 Å². The van der Waals surface area contributed by atoms with Gasteiger partial charge < -0.3 is 15.0 Å². The molecule has 1 N–H and O–H groups in total. The van der Waals surface area contributed by atoms with E-state index in [-0.39, 0.29) is 61.7 Å². The molecule has 0 aromatic carbocycles. The molecule has 4 amide bonds. The molecule has 0 spiro atoms. The first-order valence-electron chi connectivity index (χ1n) is 16.5. The van der Waals surface area contributed by atoms with Crippen LogP contribution in [0.5, 0.6) is 0 Å². The van der Waals surface area contributed by atoms with Crippen LogP contribution in [0.1, 0.15) is 81.1 Å². The van der Waals surface area contributed by atoms with Crippen molar-refractivity contribution in [3.05, 3.63) is 12.7 Å². The Morgan fingerprint density at radius 2 is 1.62 bits per heavy atom. The lowest BCUT2D eigenvalue weighted by atomic mass is 9.63. The van der Waals surface area contributed by atoms with Crippen LogP contribution in [0.4, 0.5) is 0 Å². The number of likely N-dealkylation sites (tertiary alicyclic amines) is 1. The van der Waals surface area contributed by atoms with Crippen LogP contribution >= 0.6 is 0 Å². The molecule has 10 nitrogen and oxygen atoms in total. The highest BCUT2D eigenvalue weighted by molar-refractivity contribution is 6.37. The number of ether oxygens (including phenoxy) is 1. The van der Waals surface area contributed by atoms with Gasteiger partial charge >= 0.3 is 0 Å². The molecular weight excluding hydrogens is 574 g/mol. The number of fused-ring (bicyclic) bond motifs is 1. The molecule has 2 saturated heterocycles. The Hall–Kier alpha value is -2.88. The maximum absolute atomic E-state index is 14.8. The highest BCUT2D eigenvalue weighted by atomic mass is 16.5. The average Bonchev–Trinajstić information content (AvgIpc) is 3.78. The quantitative estimate of drug-likeness (QED) is 0.188. The summed E-state index contributed by atoms with van der Waals surface area (Å²) in [5.41, 5.74) is -1.15. The van der Waals surface area contributed by atoms with Crippen molar-refractivity contribution < 1.29 is 33.5 Å². The summed E-state index contributed by atoms with van der Waals surface area (Å²) in [6, 6.07) is -0.694. The lowest BCUT2D eigenvalue weighted by Gasteiger charge is -2.47. The van der Waals surface area contributed by atoms with Crippen molar-refractivity contribution >= 4 is 35.2 Å². The van der Waals surface area contributed by atoms with Gasteiger partial charge in [-0.3, -0.25) is 33.7 Å². The van der Waals surface area contributed by atoms with Gasteiger partial charge in [-0.05, 0) is 46.3 Å². The second-order valence-electron chi connectivity index (χ2n) is 16.5. The Kier molecular flexibility index (Phi) is 9.89. The van der Waals surface area contributed by atoms with Crippen molar-refractivity contribution in [2.45, 2.75) is 87.1 Å². The summed E-state index contributed by atoms with van der Waals surface area (Å²) in [6.07, 6.45) is 3.87. The number of hydrogen-bond donors (Lipinski definition) is 1. The number of hydrogen-bond acceptors (Lipinski definition) is 7. The molecule has 4 rings (SSSR count). The molecule has 0 aromatic rings. The Bertz CT molecular complexity index is 1220. The molecule has 0 bridgehead atoms. The Morgan fingerprint density at radius 1 is 1.02 bits per heavy atom. The third kappa shape index (κ3) is 7.42. The molecular formula is C35H53N3O7. The van der Waals surface area contributed by atoms with Crippen LogP contribution in [0.15, 0.2) is 12.7 Å². The fourth-order valence-electron chi connectivity index (χ4n) is 7.85. The number of nitrogens with zero attached hydrogens (tertiary/aromatic N) is 2. The van der Waals surface area contributed by atoms with Crippen LogP contribution in [0, 0.1) is 51.8 Å². The van der Waals surface area contributed by atoms with Crippen molar-refractivity contribution in [2.24, 2.45) is 51.8 Å². The van der Waals surface area contributed by atoms with Gasteiger partial charge in [-0.2, -0.15) is 0 Å². The molecule has 250 valence electrons. The Morgan fingerprint density at radius 3 is 2.13 bits per heavy atom. The second-order valence-corrected chi connectivity index (χ2v) is 16.5. The normalized spacial score (nSPS) is 26.5. The number of morpholine rings is 1. The first kappa shape index (κ1) is 35.0. The summed E-state index contributed by atoms with van der Waals surface area (Å²) in [7, 11) is 0.